The highest BCUT2D eigenvalue weighted by Gasteiger charge is 2.36. The molecule has 2 rings (SSSR count). The largest absolute Gasteiger partial charge is 0.460 e. The number of rotatable bonds is 4. The average Bonchev–Trinajstić information content (AvgIpc) is 2.42. The van der Waals surface area contributed by atoms with Crippen molar-refractivity contribution in [3.05, 3.63) is 42.0 Å². The Balaban J connectivity index is 1.98. The van der Waals surface area contributed by atoms with Crippen LogP contribution in [0.1, 0.15) is 53.0 Å². The number of carbonyl (C=O) groups is 1. The third kappa shape index (κ3) is 6.46. The highest BCUT2D eigenvalue weighted by atomic mass is 16.7. The lowest BCUT2D eigenvalue weighted by Gasteiger charge is -2.39. The van der Waals surface area contributed by atoms with Crippen LogP contribution in [-0.2, 0) is 19.0 Å². The van der Waals surface area contributed by atoms with E-state index in [0.717, 1.165) is 5.56 Å². The van der Waals surface area contributed by atoms with Gasteiger partial charge < -0.3 is 14.2 Å². The Bertz CT molecular complexity index is 569. The molecule has 0 bridgehead atoms. The quantitative estimate of drug-likeness (QED) is 0.769. The number of benzene rings is 1. The van der Waals surface area contributed by atoms with Crippen molar-refractivity contribution in [3.63, 3.8) is 0 Å². The van der Waals surface area contributed by atoms with Gasteiger partial charge in [-0.1, -0.05) is 42.5 Å². The lowest BCUT2D eigenvalue weighted by molar-refractivity contribution is -0.290. The second kappa shape index (κ2) is 7.49. The molecule has 1 aromatic carbocycles. The molecule has 1 aliphatic heterocycles. The maximum atomic E-state index is 12.1. The van der Waals surface area contributed by atoms with E-state index < -0.39 is 11.4 Å². The molecule has 24 heavy (non-hydrogen) atoms. The van der Waals surface area contributed by atoms with E-state index in [9.17, 15) is 4.79 Å². The van der Waals surface area contributed by atoms with Crippen LogP contribution >= 0.6 is 0 Å². The van der Waals surface area contributed by atoms with Crippen LogP contribution in [0.2, 0.25) is 0 Å². The molecular weight excluding hydrogens is 304 g/mol. The zero-order valence-electron chi connectivity index (χ0n) is 15.2. The summed E-state index contributed by atoms with van der Waals surface area (Å²) in [5.74, 6) is -0.965. The molecule has 0 N–H and O–H groups in total. The number of hydrogen-bond acceptors (Lipinski definition) is 4. The highest BCUT2D eigenvalue weighted by Crippen LogP contribution is 2.29. The van der Waals surface area contributed by atoms with Gasteiger partial charge in [-0.3, -0.25) is 4.79 Å². The van der Waals surface area contributed by atoms with E-state index in [2.05, 4.69) is 0 Å². The summed E-state index contributed by atoms with van der Waals surface area (Å²) in [6.45, 7) is 9.34. The second-order valence-corrected chi connectivity index (χ2v) is 7.59. The van der Waals surface area contributed by atoms with Crippen molar-refractivity contribution in [3.8, 4) is 0 Å². The molecule has 0 aromatic heterocycles. The standard InChI is InChI=1S/C20H28O4/c1-19(2,3)24-18(21)14-17-13-16(22-20(4,5)23-17)12-11-15-9-7-6-8-10-15/h6-12,16-17H,13-14H2,1-5H3. The van der Waals surface area contributed by atoms with E-state index in [-0.39, 0.29) is 24.6 Å². The number of carbonyl (C=O) groups excluding carboxylic acids is 1. The fourth-order valence-corrected chi connectivity index (χ4v) is 2.74. The van der Waals surface area contributed by atoms with Gasteiger partial charge in [0.1, 0.15) is 5.60 Å². The minimum Gasteiger partial charge on any atom is -0.460 e. The fourth-order valence-electron chi connectivity index (χ4n) is 2.74. The van der Waals surface area contributed by atoms with Crippen LogP contribution in [0.5, 0.6) is 0 Å². The van der Waals surface area contributed by atoms with Crippen molar-refractivity contribution in [2.75, 3.05) is 0 Å². The first-order chi connectivity index (χ1) is 11.1. The van der Waals surface area contributed by atoms with Gasteiger partial charge in [0.15, 0.2) is 5.79 Å². The molecule has 4 nitrogen and oxygen atoms in total. The minimum atomic E-state index is -0.726. The van der Waals surface area contributed by atoms with Gasteiger partial charge in [-0.2, -0.15) is 0 Å². The maximum absolute atomic E-state index is 12.1. The van der Waals surface area contributed by atoms with Crippen LogP contribution < -0.4 is 0 Å². The average molecular weight is 332 g/mol. The number of hydrogen-bond donors (Lipinski definition) is 0. The zero-order valence-corrected chi connectivity index (χ0v) is 15.2. The lowest BCUT2D eigenvalue weighted by atomic mass is 10.0. The normalized spacial score (nSPS) is 24.0. The molecule has 1 heterocycles. The highest BCUT2D eigenvalue weighted by molar-refractivity contribution is 5.70. The van der Waals surface area contributed by atoms with Gasteiger partial charge in [-0.15, -0.1) is 0 Å². The van der Waals surface area contributed by atoms with Gasteiger partial charge in [0.05, 0.1) is 18.6 Å². The third-order valence-electron chi connectivity index (χ3n) is 3.50. The van der Waals surface area contributed by atoms with E-state index in [1.165, 1.54) is 0 Å². The van der Waals surface area contributed by atoms with Gasteiger partial charge in [0.25, 0.3) is 0 Å². The van der Waals surface area contributed by atoms with Crippen LogP contribution in [0.25, 0.3) is 6.08 Å². The first kappa shape index (κ1) is 18.7. The van der Waals surface area contributed by atoms with Crippen LogP contribution in [-0.4, -0.2) is 29.6 Å². The van der Waals surface area contributed by atoms with Crippen LogP contribution in [0.3, 0.4) is 0 Å². The predicted octanol–water partition coefficient (Wildman–Crippen LogP) is 4.34. The summed E-state index contributed by atoms with van der Waals surface area (Å²) < 4.78 is 17.2. The zero-order chi connectivity index (χ0) is 17.8. The summed E-state index contributed by atoms with van der Waals surface area (Å²) >= 11 is 0. The van der Waals surface area contributed by atoms with Gasteiger partial charge >= 0.3 is 5.97 Å². The first-order valence-corrected chi connectivity index (χ1v) is 8.44. The molecule has 0 amide bonds. The van der Waals surface area contributed by atoms with E-state index in [1.54, 1.807) is 0 Å². The van der Waals surface area contributed by atoms with Crippen LogP contribution in [0.4, 0.5) is 0 Å². The summed E-state index contributed by atoms with van der Waals surface area (Å²) in [6, 6.07) is 10.1. The predicted molar refractivity (Wildman–Crippen MR) is 94.4 cm³/mol. The van der Waals surface area contributed by atoms with Gasteiger partial charge in [0.2, 0.25) is 0 Å². The summed E-state index contributed by atoms with van der Waals surface area (Å²) in [5, 5.41) is 0. The second-order valence-electron chi connectivity index (χ2n) is 7.59. The number of esters is 1. The van der Waals surface area contributed by atoms with Crippen molar-refractivity contribution >= 4 is 12.0 Å². The third-order valence-corrected chi connectivity index (χ3v) is 3.50. The molecule has 2 unspecified atom stereocenters. The monoisotopic (exact) mass is 332 g/mol. The molecule has 132 valence electrons. The van der Waals surface area contributed by atoms with E-state index in [0.29, 0.717) is 6.42 Å². The maximum Gasteiger partial charge on any atom is 0.308 e. The summed E-state index contributed by atoms with van der Waals surface area (Å²) in [6.07, 6.45) is 4.62. The smallest absolute Gasteiger partial charge is 0.308 e. The SMILES string of the molecule is CC(C)(C)OC(=O)CC1CC(C=Cc2ccccc2)OC(C)(C)O1. The Morgan fingerprint density at radius 1 is 1.25 bits per heavy atom. The molecule has 1 aliphatic rings. The van der Waals surface area contributed by atoms with Crippen LogP contribution in [0.15, 0.2) is 36.4 Å². The Labute approximate surface area is 144 Å². The molecule has 1 fully saturated rings. The van der Waals surface area contributed by atoms with E-state index in [1.807, 2.05) is 77.1 Å². The lowest BCUT2D eigenvalue weighted by Crippen LogP contribution is -2.45. The molecule has 0 spiro atoms. The molecule has 0 aliphatic carbocycles. The molecule has 0 saturated carbocycles. The first-order valence-electron chi connectivity index (χ1n) is 8.44. The molecule has 4 heteroatoms. The molecule has 1 aromatic rings. The van der Waals surface area contributed by atoms with Gasteiger partial charge in [-0.25, -0.2) is 0 Å². The molecule has 1 saturated heterocycles. The summed E-state index contributed by atoms with van der Waals surface area (Å²) in [4.78, 5) is 12.1. The van der Waals surface area contributed by atoms with Gasteiger partial charge in [0, 0.05) is 6.42 Å². The Morgan fingerprint density at radius 3 is 2.54 bits per heavy atom. The fraction of sp³-hybridized carbons (Fsp3) is 0.550. The van der Waals surface area contributed by atoms with Crippen molar-refractivity contribution in [2.45, 2.75) is 71.1 Å². The van der Waals surface area contributed by atoms with Crippen molar-refractivity contribution in [1.29, 1.82) is 0 Å². The van der Waals surface area contributed by atoms with Gasteiger partial charge in [-0.05, 0) is 40.2 Å². The number of ether oxygens (including phenoxy) is 3. The van der Waals surface area contributed by atoms with E-state index >= 15 is 0 Å². The van der Waals surface area contributed by atoms with Crippen molar-refractivity contribution in [2.24, 2.45) is 0 Å². The minimum absolute atomic E-state index is 0.0959. The Hall–Kier alpha value is -1.65. The molecule has 0 radical (unpaired) electrons. The Kier molecular flexibility index (Phi) is 5.83. The summed E-state index contributed by atoms with van der Waals surface area (Å²) in [5.41, 5.74) is 0.638. The van der Waals surface area contributed by atoms with Crippen molar-refractivity contribution in [1.82, 2.24) is 0 Å². The van der Waals surface area contributed by atoms with Crippen molar-refractivity contribution < 1.29 is 19.0 Å². The van der Waals surface area contributed by atoms with E-state index in [4.69, 9.17) is 14.2 Å². The molecule has 2 atom stereocenters. The Morgan fingerprint density at radius 2 is 1.92 bits per heavy atom. The van der Waals surface area contributed by atoms with Crippen LogP contribution in [0, 0.1) is 0 Å². The summed E-state index contributed by atoms with van der Waals surface area (Å²) in [7, 11) is 0. The topological polar surface area (TPSA) is 44.8 Å². The molecular formula is C20H28O4.